The first-order valence-corrected chi connectivity index (χ1v) is 9.34. The molecule has 0 aliphatic heterocycles. The molecule has 7 nitrogen and oxygen atoms in total. The number of aliphatic imine (C=N–C) groups is 1. The number of aromatic amines is 1. The Morgan fingerprint density at radius 2 is 1.78 bits per heavy atom. The molecule has 0 unspecified atom stereocenters. The second kappa shape index (κ2) is 9.32. The highest BCUT2D eigenvalue weighted by atomic mass is 16.3. The number of H-pyrrole nitrogens is 1. The molecule has 1 heterocycles. The zero-order valence-electron chi connectivity index (χ0n) is 16.5. The predicted molar refractivity (Wildman–Crippen MR) is 109 cm³/mol. The summed E-state index contributed by atoms with van der Waals surface area (Å²) >= 11 is 0. The first-order chi connectivity index (χ1) is 12.9. The summed E-state index contributed by atoms with van der Waals surface area (Å²) in [5, 5.41) is 10.7. The van der Waals surface area contributed by atoms with Gasteiger partial charge in [-0.1, -0.05) is 38.5 Å². The lowest BCUT2D eigenvalue weighted by Gasteiger charge is -2.17. The average molecular weight is 372 g/mol. The summed E-state index contributed by atoms with van der Waals surface area (Å²) in [7, 11) is 0. The molecule has 1 aromatic heterocycles. The van der Waals surface area contributed by atoms with Crippen molar-refractivity contribution < 1.29 is 5.11 Å². The summed E-state index contributed by atoms with van der Waals surface area (Å²) < 4.78 is 1.10. The predicted octanol–water partition coefficient (Wildman–Crippen LogP) is 2.08. The Labute approximate surface area is 159 Å². The summed E-state index contributed by atoms with van der Waals surface area (Å²) in [6.45, 7) is 11.1. The van der Waals surface area contributed by atoms with Crippen molar-refractivity contribution in [3.63, 3.8) is 0 Å². The molecule has 2 N–H and O–H groups in total. The van der Waals surface area contributed by atoms with Gasteiger partial charge < -0.3 is 10.0 Å². The van der Waals surface area contributed by atoms with Crippen molar-refractivity contribution in [2.45, 2.75) is 34.1 Å². The van der Waals surface area contributed by atoms with Gasteiger partial charge in [0.25, 0.3) is 5.56 Å². The molecule has 0 aliphatic carbocycles. The van der Waals surface area contributed by atoms with Crippen molar-refractivity contribution in [2.24, 2.45) is 4.99 Å². The third-order valence-corrected chi connectivity index (χ3v) is 4.61. The van der Waals surface area contributed by atoms with Crippen LogP contribution in [-0.2, 0) is 0 Å². The zero-order chi connectivity index (χ0) is 20.0. The molecule has 146 valence electrons. The molecule has 0 bridgehead atoms. The standard InChI is InChI=1S/C20H28N4O3/c1-5-16(21-12-13-23(6-2)7-3)17-18(25)22-20(27)24(19(17)26)15-10-8-14(4)9-11-15/h8-11,26H,5-7,12-13H2,1-4H3,(H,22,25,27). The SMILES string of the molecule is CCC(=NCCN(CC)CC)c1c(O)n(-c2ccc(C)cc2)c(=O)[nH]c1=O. The quantitative estimate of drug-likeness (QED) is 0.694. The van der Waals surface area contributed by atoms with Crippen LogP contribution >= 0.6 is 0 Å². The third-order valence-electron chi connectivity index (χ3n) is 4.61. The topological polar surface area (TPSA) is 90.7 Å². The molecule has 0 fully saturated rings. The van der Waals surface area contributed by atoms with Crippen LogP contribution in [0.1, 0.15) is 38.3 Å². The van der Waals surface area contributed by atoms with Gasteiger partial charge in [-0.3, -0.25) is 14.8 Å². The van der Waals surface area contributed by atoms with Crippen LogP contribution < -0.4 is 11.2 Å². The first-order valence-electron chi connectivity index (χ1n) is 9.34. The van der Waals surface area contributed by atoms with Gasteiger partial charge >= 0.3 is 5.69 Å². The summed E-state index contributed by atoms with van der Waals surface area (Å²) in [6.07, 6.45) is 0.473. The van der Waals surface area contributed by atoms with Gasteiger partial charge in [0.2, 0.25) is 5.88 Å². The Bertz CT molecular complexity index is 906. The fourth-order valence-corrected chi connectivity index (χ4v) is 2.95. The molecule has 7 heteroatoms. The van der Waals surface area contributed by atoms with Gasteiger partial charge in [0, 0.05) is 6.54 Å². The van der Waals surface area contributed by atoms with Crippen LogP contribution in [0.4, 0.5) is 0 Å². The molecule has 27 heavy (non-hydrogen) atoms. The minimum atomic E-state index is -0.677. The van der Waals surface area contributed by atoms with Gasteiger partial charge in [0.1, 0.15) is 5.56 Å². The van der Waals surface area contributed by atoms with Gasteiger partial charge in [-0.25, -0.2) is 9.36 Å². The highest BCUT2D eigenvalue weighted by Crippen LogP contribution is 2.18. The monoisotopic (exact) mass is 372 g/mol. The van der Waals surface area contributed by atoms with E-state index in [0.717, 1.165) is 29.8 Å². The maximum Gasteiger partial charge on any atom is 0.335 e. The molecule has 0 atom stereocenters. The maximum absolute atomic E-state index is 12.4. The molecule has 0 radical (unpaired) electrons. The van der Waals surface area contributed by atoms with E-state index in [4.69, 9.17) is 0 Å². The number of hydrogen-bond acceptors (Lipinski definition) is 5. The van der Waals surface area contributed by atoms with E-state index in [1.54, 1.807) is 12.1 Å². The third kappa shape index (κ3) is 4.74. The molecular formula is C20H28N4O3. The summed E-state index contributed by atoms with van der Waals surface area (Å²) in [4.78, 5) is 33.7. The van der Waals surface area contributed by atoms with Gasteiger partial charge in [0.15, 0.2) is 0 Å². The van der Waals surface area contributed by atoms with Gasteiger partial charge in [0.05, 0.1) is 17.9 Å². The fourth-order valence-electron chi connectivity index (χ4n) is 2.95. The van der Waals surface area contributed by atoms with Crippen LogP contribution in [0.15, 0.2) is 38.8 Å². The maximum atomic E-state index is 12.4. The molecule has 0 aliphatic rings. The number of aryl methyl sites for hydroxylation is 1. The number of aromatic hydroxyl groups is 1. The highest BCUT2D eigenvalue weighted by molar-refractivity contribution is 6.02. The van der Waals surface area contributed by atoms with Crippen LogP contribution in [0.5, 0.6) is 5.88 Å². The number of rotatable bonds is 8. The smallest absolute Gasteiger partial charge is 0.335 e. The average Bonchev–Trinajstić information content (AvgIpc) is 2.65. The van der Waals surface area contributed by atoms with Gasteiger partial charge in [-0.05, 0) is 38.6 Å². The molecular weight excluding hydrogens is 344 g/mol. The van der Waals surface area contributed by atoms with Crippen LogP contribution in [-0.4, -0.2) is 51.4 Å². The molecule has 0 spiro atoms. The summed E-state index contributed by atoms with van der Waals surface area (Å²) in [5.74, 6) is -0.379. The Kier molecular flexibility index (Phi) is 7.12. The number of hydrogen-bond donors (Lipinski definition) is 2. The molecule has 0 saturated heterocycles. The van der Waals surface area contributed by atoms with E-state index in [-0.39, 0.29) is 11.4 Å². The van der Waals surface area contributed by atoms with Crippen molar-refractivity contribution in [3.05, 3.63) is 56.2 Å². The van der Waals surface area contributed by atoms with E-state index in [2.05, 4.69) is 28.7 Å². The number of nitrogens with one attached hydrogen (secondary N) is 1. The van der Waals surface area contributed by atoms with Crippen LogP contribution in [0.2, 0.25) is 0 Å². The molecule has 0 amide bonds. The molecule has 1 aromatic carbocycles. The number of benzene rings is 1. The Hall–Kier alpha value is -2.67. The minimum Gasteiger partial charge on any atom is -0.493 e. The summed E-state index contributed by atoms with van der Waals surface area (Å²) in [6, 6.07) is 7.12. The second-order valence-electron chi connectivity index (χ2n) is 6.34. The lowest BCUT2D eigenvalue weighted by molar-refractivity contribution is 0.313. The Morgan fingerprint density at radius 1 is 1.15 bits per heavy atom. The summed E-state index contributed by atoms with van der Waals surface area (Å²) in [5.41, 5.74) is 0.759. The van der Waals surface area contributed by atoms with Crippen molar-refractivity contribution >= 4 is 5.71 Å². The van der Waals surface area contributed by atoms with E-state index in [1.165, 1.54) is 0 Å². The van der Waals surface area contributed by atoms with Crippen molar-refractivity contribution in [3.8, 4) is 11.6 Å². The lowest BCUT2D eigenvalue weighted by atomic mass is 10.1. The Balaban J connectivity index is 2.49. The number of likely N-dealkylation sites (N-methyl/N-ethyl adjacent to an activating group) is 1. The van der Waals surface area contributed by atoms with E-state index in [9.17, 15) is 14.7 Å². The molecule has 0 saturated carbocycles. The van der Waals surface area contributed by atoms with E-state index >= 15 is 0 Å². The highest BCUT2D eigenvalue weighted by Gasteiger charge is 2.19. The Morgan fingerprint density at radius 3 is 2.33 bits per heavy atom. The molecule has 2 rings (SSSR count). The second-order valence-corrected chi connectivity index (χ2v) is 6.34. The first kappa shape index (κ1) is 20.6. The number of nitrogens with zero attached hydrogens (tertiary/aromatic N) is 3. The van der Waals surface area contributed by atoms with Crippen molar-refractivity contribution in [1.82, 2.24) is 14.5 Å². The zero-order valence-corrected chi connectivity index (χ0v) is 16.5. The lowest BCUT2D eigenvalue weighted by Crippen LogP contribution is -2.33. The van der Waals surface area contributed by atoms with Gasteiger partial charge in [-0.15, -0.1) is 0 Å². The van der Waals surface area contributed by atoms with Crippen LogP contribution in [0, 0.1) is 6.92 Å². The van der Waals surface area contributed by atoms with E-state index < -0.39 is 11.2 Å². The van der Waals surface area contributed by atoms with E-state index in [1.807, 2.05) is 26.0 Å². The van der Waals surface area contributed by atoms with Crippen molar-refractivity contribution in [1.29, 1.82) is 0 Å². The van der Waals surface area contributed by atoms with Crippen LogP contribution in [0.3, 0.4) is 0 Å². The van der Waals surface area contributed by atoms with E-state index in [0.29, 0.717) is 24.4 Å². The normalized spacial score (nSPS) is 12.0. The van der Waals surface area contributed by atoms with Gasteiger partial charge in [-0.2, -0.15) is 0 Å². The largest absolute Gasteiger partial charge is 0.493 e. The number of aromatic nitrogens is 2. The molecule has 2 aromatic rings. The van der Waals surface area contributed by atoms with Crippen LogP contribution in [0.25, 0.3) is 5.69 Å². The minimum absolute atomic E-state index is 0.0530. The fraction of sp³-hybridized carbons (Fsp3) is 0.450. The van der Waals surface area contributed by atoms with Crippen molar-refractivity contribution in [2.75, 3.05) is 26.2 Å².